The lowest BCUT2D eigenvalue weighted by Crippen LogP contribution is -2.24. The third-order valence-corrected chi connectivity index (χ3v) is 3.24. The van der Waals surface area contributed by atoms with Crippen LogP contribution in [-0.2, 0) is 6.54 Å². The number of aromatic nitrogens is 4. The Hall–Kier alpha value is -1.33. The summed E-state index contributed by atoms with van der Waals surface area (Å²) < 4.78 is 2.49. The van der Waals surface area contributed by atoms with Gasteiger partial charge in [-0.15, -0.1) is 0 Å². The second-order valence-corrected chi connectivity index (χ2v) is 4.76. The zero-order valence-electron chi connectivity index (χ0n) is 10.0. The van der Waals surface area contributed by atoms with Crippen molar-refractivity contribution in [3.8, 4) is 5.69 Å². The number of aryl methyl sites for hydroxylation is 2. The van der Waals surface area contributed by atoms with Crippen LogP contribution in [-0.4, -0.2) is 19.8 Å². The molecular weight excluding hydrogens is 275 g/mol. The maximum atomic E-state index is 12.0. The van der Waals surface area contributed by atoms with Crippen LogP contribution in [0, 0.1) is 6.92 Å². The molecule has 1 heterocycles. The maximum absolute atomic E-state index is 12.0. The molecule has 0 radical (unpaired) electrons. The predicted molar refractivity (Wildman–Crippen MR) is 70.7 cm³/mol. The number of hydrogen-bond donors (Lipinski definition) is 0. The fraction of sp³-hybridized carbons (Fsp3) is 0.364. The molecular formula is C11H12Cl2N4O. The highest BCUT2D eigenvalue weighted by Gasteiger charge is 2.13. The van der Waals surface area contributed by atoms with Gasteiger partial charge in [0.05, 0.1) is 10.7 Å². The van der Waals surface area contributed by atoms with Crippen molar-refractivity contribution in [2.24, 2.45) is 0 Å². The second kappa shape index (κ2) is 5.12. The number of hydrogen-bond acceptors (Lipinski definition) is 3. The summed E-state index contributed by atoms with van der Waals surface area (Å²) in [6.07, 6.45) is 0.811. The molecule has 0 amide bonds. The first kappa shape index (κ1) is 13.1. The van der Waals surface area contributed by atoms with Gasteiger partial charge in [-0.25, -0.2) is 4.79 Å². The lowest BCUT2D eigenvalue weighted by atomic mass is 10.2. The molecule has 0 fully saturated rings. The SMILES string of the molecule is CCCn1nnn(-c2cc(C)c(Cl)cc2Cl)c1=O. The third kappa shape index (κ3) is 2.28. The first-order valence-corrected chi connectivity index (χ1v) is 6.29. The van der Waals surface area contributed by atoms with Crippen LogP contribution in [0.5, 0.6) is 0 Å². The molecule has 0 N–H and O–H groups in total. The van der Waals surface area contributed by atoms with Gasteiger partial charge in [0, 0.05) is 11.6 Å². The molecule has 0 aliphatic heterocycles. The highest BCUT2D eigenvalue weighted by Crippen LogP contribution is 2.26. The van der Waals surface area contributed by atoms with E-state index in [9.17, 15) is 4.79 Å². The van der Waals surface area contributed by atoms with E-state index in [-0.39, 0.29) is 5.69 Å². The van der Waals surface area contributed by atoms with Crippen LogP contribution in [0.2, 0.25) is 10.0 Å². The summed E-state index contributed by atoms with van der Waals surface area (Å²) in [5, 5.41) is 8.55. The first-order valence-electron chi connectivity index (χ1n) is 5.53. The summed E-state index contributed by atoms with van der Waals surface area (Å²) in [6.45, 7) is 4.33. The van der Waals surface area contributed by atoms with Crippen molar-refractivity contribution in [1.82, 2.24) is 19.8 Å². The van der Waals surface area contributed by atoms with Gasteiger partial charge >= 0.3 is 5.69 Å². The van der Waals surface area contributed by atoms with Crippen molar-refractivity contribution >= 4 is 23.2 Å². The fourth-order valence-electron chi connectivity index (χ4n) is 1.58. The van der Waals surface area contributed by atoms with Gasteiger partial charge in [0.2, 0.25) is 0 Å². The number of nitrogens with zero attached hydrogens (tertiary/aromatic N) is 4. The molecule has 96 valence electrons. The van der Waals surface area contributed by atoms with Crippen LogP contribution >= 0.6 is 23.2 Å². The highest BCUT2D eigenvalue weighted by atomic mass is 35.5. The van der Waals surface area contributed by atoms with E-state index < -0.39 is 0 Å². The molecule has 5 nitrogen and oxygen atoms in total. The average Bonchev–Trinajstić information content (AvgIpc) is 2.67. The monoisotopic (exact) mass is 286 g/mol. The van der Waals surface area contributed by atoms with Crippen molar-refractivity contribution in [1.29, 1.82) is 0 Å². The Balaban J connectivity index is 2.56. The van der Waals surface area contributed by atoms with Gasteiger partial charge in [-0.3, -0.25) is 0 Å². The van der Waals surface area contributed by atoms with Gasteiger partial charge in [-0.1, -0.05) is 30.1 Å². The van der Waals surface area contributed by atoms with E-state index in [1.165, 1.54) is 9.36 Å². The molecule has 0 saturated carbocycles. The Bertz CT molecular complexity index is 632. The summed E-state index contributed by atoms with van der Waals surface area (Å²) in [7, 11) is 0. The standard InChI is InChI=1S/C11H12Cl2N4O/c1-3-4-16-11(18)17(15-14-16)10-5-7(2)8(12)6-9(10)13/h5-6H,3-4H2,1-2H3. The molecule has 1 aromatic heterocycles. The molecule has 0 aliphatic rings. The van der Waals surface area contributed by atoms with Crippen molar-refractivity contribution in [2.75, 3.05) is 0 Å². The zero-order valence-corrected chi connectivity index (χ0v) is 11.5. The minimum absolute atomic E-state index is 0.305. The summed E-state index contributed by atoms with van der Waals surface area (Å²) in [5.41, 5.74) is 1.01. The number of tetrazole rings is 1. The Morgan fingerprint density at radius 2 is 1.94 bits per heavy atom. The van der Waals surface area contributed by atoms with Gasteiger partial charge in [-0.2, -0.15) is 9.36 Å². The maximum Gasteiger partial charge on any atom is 0.368 e. The molecule has 0 unspecified atom stereocenters. The van der Waals surface area contributed by atoms with Crippen LogP contribution in [0.4, 0.5) is 0 Å². The average molecular weight is 287 g/mol. The Kier molecular flexibility index (Phi) is 3.73. The topological polar surface area (TPSA) is 52.7 Å². The van der Waals surface area contributed by atoms with Gasteiger partial charge in [0.1, 0.15) is 0 Å². The lowest BCUT2D eigenvalue weighted by Gasteiger charge is -2.05. The molecule has 1 aromatic carbocycles. The van der Waals surface area contributed by atoms with Crippen LogP contribution < -0.4 is 5.69 Å². The molecule has 0 bridgehead atoms. The third-order valence-electron chi connectivity index (χ3n) is 2.53. The molecule has 0 spiro atoms. The normalized spacial score (nSPS) is 10.9. The van der Waals surface area contributed by atoms with E-state index in [1.54, 1.807) is 12.1 Å². The first-order chi connectivity index (χ1) is 8.54. The largest absolute Gasteiger partial charge is 0.368 e. The van der Waals surface area contributed by atoms with E-state index in [1.807, 2.05) is 13.8 Å². The van der Waals surface area contributed by atoms with Gasteiger partial charge in [0.15, 0.2) is 0 Å². The molecule has 2 rings (SSSR count). The summed E-state index contributed by atoms with van der Waals surface area (Å²) >= 11 is 12.0. The number of halogens is 2. The van der Waals surface area contributed by atoms with Crippen molar-refractivity contribution in [2.45, 2.75) is 26.8 Å². The minimum atomic E-state index is -0.305. The number of benzene rings is 1. The van der Waals surface area contributed by atoms with Gasteiger partial charge < -0.3 is 0 Å². The summed E-state index contributed by atoms with van der Waals surface area (Å²) in [6, 6.07) is 3.32. The smallest absolute Gasteiger partial charge is 0.244 e. The van der Waals surface area contributed by atoms with Gasteiger partial charge in [0.25, 0.3) is 0 Å². The van der Waals surface area contributed by atoms with E-state index in [4.69, 9.17) is 23.2 Å². The molecule has 18 heavy (non-hydrogen) atoms. The van der Waals surface area contributed by atoms with E-state index in [2.05, 4.69) is 10.4 Å². The Morgan fingerprint density at radius 3 is 2.61 bits per heavy atom. The van der Waals surface area contributed by atoms with E-state index in [0.717, 1.165) is 12.0 Å². The zero-order chi connectivity index (χ0) is 13.3. The molecule has 0 saturated heterocycles. The highest BCUT2D eigenvalue weighted by molar-refractivity contribution is 6.36. The fourth-order valence-corrected chi connectivity index (χ4v) is 2.05. The second-order valence-electron chi connectivity index (χ2n) is 3.95. The molecule has 2 aromatic rings. The van der Waals surface area contributed by atoms with E-state index >= 15 is 0 Å². The summed E-state index contributed by atoms with van der Waals surface area (Å²) in [5.74, 6) is 0. The van der Waals surface area contributed by atoms with Crippen molar-refractivity contribution < 1.29 is 0 Å². The van der Waals surface area contributed by atoms with Crippen LogP contribution in [0.15, 0.2) is 16.9 Å². The Morgan fingerprint density at radius 1 is 1.22 bits per heavy atom. The molecule has 0 aliphatic carbocycles. The number of rotatable bonds is 3. The summed E-state index contributed by atoms with van der Waals surface area (Å²) in [4.78, 5) is 12.0. The van der Waals surface area contributed by atoms with Crippen LogP contribution in [0.25, 0.3) is 5.69 Å². The van der Waals surface area contributed by atoms with Crippen LogP contribution in [0.3, 0.4) is 0 Å². The van der Waals surface area contributed by atoms with Crippen LogP contribution in [0.1, 0.15) is 18.9 Å². The minimum Gasteiger partial charge on any atom is -0.244 e. The predicted octanol–water partition coefficient (Wildman–Crippen LogP) is 2.45. The lowest BCUT2D eigenvalue weighted by molar-refractivity contribution is 0.564. The molecule has 0 atom stereocenters. The van der Waals surface area contributed by atoms with Crippen molar-refractivity contribution in [3.05, 3.63) is 38.2 Å². The van der Waals surface area contributed by atoms with Crippen molar-refractivity contribution in [3.63, 3.8) is 0 Å². The Labute approximate surface area is 114 Å². The quantitative estimate of drug-likeness (QED) is 0.871. The van der Waals surface area contributed by atoms with Gasteiger partial charge in [-0.05, 0) is 41.5 Å². The van der Waals surface area contributed by atoms with E-state index in [0.29, 0.717) is 22.3 Å². The molecule has 7 heteroatoms.